The van der Waals surface area contributed by atoms with Gasteiger partial charge in [-0.2, -0.15) is 0 Å². The Morgan fingerprint density at radius 2 is 2.33 bits per heavy atom. The first-order valence-corrected chi connectivity index (χ1v) is 7.14. The second-order valence-corrected chi connectivity index (χ2v) is 6.24. The molecule has 5 heteroatoms. The third-order valence-electron chi connectivity index (χ3n) is 2.07. The van der Waals surface area contributed by atoms with Crippen LogP contribution in [0.15, 0.2) is 9.85 Å². The molecule has 86 valence electrons. The van der Waals surface area contributed by atoms with Gasteiger partial charge in [-0.15, -0.1) is 10.2 Å². The minimum atomic E-state index is 0.584. The number of nitrogens with one attached hydrogen (secondary N) is 1. The van der Waals surface area contributed by atoms with Gasteiger partial charge in [0.15, 0.2) is 4.34 Å². The molecular weight excluding hydrogens is 226 g/mol. The first-order chi connectivity index (χ1) is 7.22. The summed E-state index contributed by atoms with van der Waals surface area (Å²) in [4.78, 5) is 0. The molecule has 3 nitrogen and oxygen atoms in total. The highest BCUT2D eigenvalue weighted by Crippen LogP contribution is 2.26. The quantitative estimate of drug-likeness (QED) is 0.750. The Labute approximate surface area is 100 Å². The summed E-state index contributed by atoms with van der Waals surface area (Å²) in [6.07, 6.45) is 2.37. The van der Waals surface area contributed by atoms with Crippen molar-refractivity contribution in [3.8, 4) is 0 Å². The normalized spacial score (nSPS) is 15.1. The summed E-state index contributed by atoms with van der Waals surface area (Å²) in [6.45, 7) is 7.79. The van der Waals surface area contributed by atoms with E-state index in [0.29, 0.717) is 11.3 Å². The molecule has 0 aliphatic heterocycles. The summed E-state index contributed by atoms with van der Waals surface area (Å²) >= 11 is 3.43. The molecule has 1 heterocycles. The van der Waals surface area contributed by atoms with Crippen LogP contribution < -0.4 is 5.32 Å². The van der Waals surface area contributed by atoms with Crippen LogP contribution in [0.4, 0.5) is 0 Å². The van der Waals surface area contributed by atoms with Crippen molar-refractivity contribution >= 4 is 23.1 Å². The third-order valence-corrected chi connectivity index (χ3v) is 4.01. The third kappa shape index (κ3) is 5.49. The molecule has 0 amide bonds. The second kappa shape index (κ2) is 7.19. The summed E-state index contributed by atoms with van der Waals surface area (Å²) in [6, 6.07) is 0.584. The molecule has 0 saturated carbocycles. The van der Waals surface area contributed by atoms with Crippen molar-refractivity contribution in [2.24, 2.45) is 0 Å². The van der Waals surface area contributed by atoms with Gasteiger partial charge in [-0.1, -0.05) is 36.9 Å². The molecule has 0 aliphatic rings. The van der Waals surface area contributed by atoms with Gasteiger partial charge in [-0.05, 0) is 26.3 Å². The summed E-state index contributed by atoms with van der Waals surface area (Å²) in [5.41, 5.74) is 1.79. The minimum Gasteiger partial charge on any atom is -0.314 e. The summed E-state index contributed by atoms with van der Waals surface area (Å²) in [5.74, 6) is 0. The molecule has 0 aliphatic carbocycles. The predicted octanol–water partition coefficient (Wildman–Crippen LogP) is 2.80. The van der Waals surface area contributed by atoms with Crippen LogP contribution >= 0.6 is 23.1 Å². The molecular formula is C10H19N3S2. The highest BCUT2D eigenvalue weighted by Gasteiger charge is 2.10. The first kappa shape index (κ1) is 12.9. The number of hydrogen-bond donors (Lipinski definition) is 1. The van der Waals surface area contributed by atoms with Gasteiger partial charge in [0.2, 0.25) is 0 Å². The van der Waals surface area contributed by atoms with Crippen molar-refractivity contribution in [2.45, 2.75) is 49.2 Å². The number of hydrogen-bond acceptors (Lipinski definition) is 5. The van der Waals surface area contributed by atoms with Crippen LogP contribution in [-0.4, -0.2) is 28.0 Å². The maximum Gasteiger partial charge on any atom is 0.174 e. The Morgan fingerprint density at radius 3 is 2.93 bits per heavy atom. The van der Waals surface area contributed by atoms with Crippen molar-refractivity contribution in [3.63, 3.8) is 0 Å². The smallest absolute Gasteiger partial charge is 0.174 e. The molecule has 1 aromatic heterocycles. The van der Waals surface area contributed by atoms with Crippen molar-refractivity contribution in [2.75, 3.05) is 6.54 Å². The van der Waals surface area contributed by atoms with Crippen LogP contribution in [0.5, 0.6) is 0 Å². The topological polar surface area (TPSA) is 37.8 Å². The fourth-order valence-corrected chi connectivity index (χ4v) is 3.35. The zero-order chi connectivity index (χ0) is 11.1. The largest absolute Gasteiger partial charge is 0.314 e. The summed E-state index contributed by atoms with van der Waals surface area (Å²) in [5, 5.41) is 12.0. The van der Waals surface area contributed by atoms with Crippen LogP contribution in [0, 0.1) is 0 Å². The Hall–Kier alpha value is -0.130. The van der Waals surface area contributed by atoms with Gasteiger partial charge in [0, 0.05) is 11.3 Å². The number of nitrogens with zero attached hydrogens (tertiary/aromatic N) is 2. The number of thioether (sulfide) groups is 1. The van der Waals surface area contributed by atoms with Crippen molar-refractivity contribution < 1.29 is 0 Å². The van der Waals surface area contributed by atoms with Crippen molar-refractivity contribution in [3.05, 3.63) is 5.51 Å². The van der Waals surface area contributed by atoms with E-state index in [1.54, 1.807) is 16.8 Å². The SMILES string of the molecule is CCCNC(C)CC(C)Sc1nncs1. The van der Waals surface area contributed by atoms with E-state index in [1.165, 1.54) is 12.8 Å². The van der Waals surface area contributed by atoms with E-state index in [2.05, 4.69) is 36.3 Å². The second-order valence-electron chi connectivity index (χ2n) is 3.72. The van der Waals surface area contributed by atoms with E-state index < -0.39 is 0 Å². The highest BCUT2D eigenvalue weighted by atomic mass is 32.2. The van der Waals surface area contributed by atoms with Gasteiger partial charge in [0.1, 0.15) is 5.51 Å². The molecule has 1 aromatic rings. The van der Waals surface area contributed by atoms with E-state index in [9.17, 15) is 0 Å². The van der Waals surface area contributed by atoms with Crippen LogP contribution in [0.1, 0.15) is 33.6 Å². The fourth-order valence-electron chi connectivity index (χ4n) is 1.41. The Morgan fingerprint density at radius 1 is 1.53 bits per heavy atom. The lowest BCUT2D eigenvalue weighted by Crippen LogP contribution is -2.29. The molecule has 0 saturated heterocycles. The average Bonchev–Trinajstić information content (AvgIpc) is 2.67. The van der Waals surface area contributed by atoms with E-state index in [4.69, 9.17) is 0 Å². The average molecular weight is 245 g/mol. The van der Waals surface area contributed by atoms with E-state index in [-0.39, 0.29) is 0 Å². The van der Waals surface area contributed by atoms with Gasteiger partial charge in [0.05, 0.1) is 0 Å². The van der Waals surface area contributed by atoms with Gasteiger partial charge >= 0.3 is 0 Å². The Kier molecular flexibility index (Phi) is 6.20. The fraction of sp³-hybridized carbons (Fsp3) is 0.800. The molecule has 2 atom stereocenters. The Bertz CT molecular complexity index is 251. The number of aromatic nitrogens is 2. The minimum absolute atomic E-state index is 0.584. The Balaban J connectivity index is 2.20. The van der Waals surface area contributed by atoms with E-state index >= 15 is 0 Å². The van der Waals surface area contributed by atoms with Crippen LogP contribution in [-0.2, 0) is 0 Å². The predicted molar refractivity (Wildman–Crippen MR) is 67.6 cm³/mol. The van der Waals surface area contributed by atoms with Crippen LogP contribution in [0.2, 0.25) is 0 Å². The molecule has 0 bridgehead atoms. The lowest BCUT2D eigenvalue weighted by Gasteiger charge is -2.16. The molecule has 0 radical (unpaired) electrons. The van der Waals surface area contributed by atoms with Crippen LogP contribution in [0.3, 0.4) is 0 Å². The summed E-state index contributed by atoms with van der Waals surface area (Å²) < 4.78 is 1.07. The molecule has 15 heavy (non-hydrogen) atoms. The maximum absolute atomic E-state index is 4.04. The van der Waals surface area contributed by atoms with Gasteiger partial charge in [0.25, 0.3) is 0 Å². The van der Waals surface area contributed by atoms with E-state index in [0.717, 1.165) is 10.9 Å². The van der Waals surface area contributed by atoms with Crippen molar-refractivity contribution in [1.29, 1.82) is 0 Å². The molecule has 0 spiro atoms. The maximum atomic E-state index is 4.04. The zero-order valence-electron chi connectivity index (χ0n) is 9.56. The molecule has 1 rings (SSSR count). The van der Waals surface area contributed by atoms with Crippen molar-refractivity contribution in [1.82, 2.24) is 15.5 Å². The van der Waals surface area contributed by atoms with Gasteiger partial charge < -0.3 is 5.32 Å². The lowest BCUT2D eigenvalue weighted by molar-refractivity contribution is 0.513. The van der Waals surface area contributed by atoms with E-state index in [1.807, 2.05) is 11.8 Å². The first-order valence-electron chi connectivity index (χ1n) is 5.38. The monoisotopic (exact) mass is 245 g/mol. The standard InChI is InChI=1S/C10H19N3S2/c1-4-5-11-8(2)6-9(3)15-10-13-12-7-14-10/h7-9,11H,4-6H2,1-3H3. The number of rotatable bonds is 7. The molecule has 0 aromatic carbocycles. The molecule has 0 fully saturated rings. The molecule has 2 unspecified atom stereocenters. The lowest BCUT2D eigenvalue weighted by atomic mass is 10.2. The zero-order valence-corrected chi connectivity index (χ0v) is 11.2. The highest BCUT2D eigenvalue weighted by molar-refractivity contribution is 8.01. The van der Waals surface area contributed by atoms with Gasteiger partial charge in [-0.25, -0.2) is 0 Å². The van der Waals surface area contributed by atoms with Gasteiger partial charge in [-0.3, -0.25) is 0 Å². The van der Waals surface area contributed by atoms with Crippen LogP contribution in [0.25, 0.3) is 0 Å². The molecule has 1 N–H and O–H groups in total. The summed E-state index contributed by atoms with van der Waals surface area (Å²) in [7, 11) is 0.